The van der Waals surface area contributed by atoms with E-state index in [0.29, 0.717) is 49.3 Å². The molecule has 2 unspecified atom stereocenters. The van der Waals surface area contributed by atoms with Crippen LogP contribution in [0, 0.1) is 17.8 Å². The van der Waals surface area contributed by atoms with Crippen LogP contribution >= 0.6 is 0 Å². The topological polar surface area (TPSA) is 93.2 Å². The molecule has 1 saturated heterocycles. The highest BCUT2D eigenvalue weighted by atomic mass is 16.3. The third-order valence-electron chi connectivity index (χ3n) is 10.4. The van der Waals surface area contributed by atoms with E-state index < -0.39 is 5.60 Å². The average molecular weight is 560 g/mol. The lowest BCUT2D eigenvalue weighted by atomic mass is 9.67. The highest BCUT2D eigenvalue weighted by Crippen LogP contribution is 2.44. The first-order valence-corrected chi connectivity index (χ1v) is 15.8. The fourth-order valence-electron chi connectivity index (χ4n) is 7.56. The number of carbonyl (C=O) groups excluding carboxylic acids is 1. The average Bonchev–Trinajstić information content (AvgIpc) is 3.59. The van der Waals surface area contributed by atoms with E-state index in [9.17, 15) is 14.7 Å². The number of nitrogens with zero attached hydrogens (tertiary/aromatic N) is 5. The van der Waals surface area contributed by atoms with E-state index in [1.807, 2.05) is 34.8 Å². The van der Waals surface area contributed by atoms with Crippen LogP contribution in [0.15, 0.2) is 41.5 Å². The Labute approximate surface area is 242 Å². The van der Waals surface area contributed by atoms with Crippen LogP contribution in [0.25, 0.3) is 11.0 Å². The summed E-state index contributed by atoms with van der Waals surface area (Å²) in [4.78, 5) is 33.0. The fraction of sp³-hybridized carbons (Fsp3) is 0.636. The van der Waals surface area contributed by atoms with E-state index in [1.165, 1.54) is 49.5 Å². The Bertz CT molecular complexity index is 1420. The second-order valence-corrected chi connectivity index (χ2v) is 13.3. The molecule has 0 spiro atoms. The van der Waals surface area contributed by atoms with Crippen LogP contribution in [-0.4, -0.2) is 53.9 Å². The number of aliphatic hydroxyl groups is 1. The van der Waals surface area contributed by atoms with Crippen molar-refractivity contribution in [1.82, 2.24) is 24.2 Å². The number of carbonyl (C=O) groups is 1. The van der Waals surface area contributed by atoms with E-state index >= 15 is 0 Å². The van der Waals surface area contributed by atoms with Crippen molar-refractivity contribution in [2.24, 2.45) is 24.8 Å². The molecule has 1 aromatic carbocycles. The number of hydrogen-bond acceptors (Lipinski definition) is 5. The van der Waals surface area contributed by atoms with Crippen molar-refractivity contribution in [2.75, 3.05) is 13.1 Å². The maximum absolute atomic E-state index is 13.5. The number of hydrogen-bond donors (Lipinski definition) is 1. The lowest BCUT2D eigenvalue weighted by Gasteiger charge is -2.38. The second kappa shape index (κ2) is 11.7. The summed E-state index contributed by atoms with van der Waals surface area (Å²) in [5.41, 5.74) is 2.06. The van der Waals surface area contributed by atoms with Crippen LogP contribution in [0.2, 0.25) is 0 Å². The molecule has 220 valence electrons. The predicted octanol–water partition coefficient (Wildman–Crippen LogP) is 4.83. The molecule has 2 aliphatic carbocycles. The van der Waals surface area contributed by atoms with Crippen molar-refractivity contribution >= 4 is 16.9 Å². The molecular weight excluding hydrogens is 514 g/mol. The van der Waals surface area contributed by atoms with E-state index in [1.54, 1.807) is 6.33 Å². The van der Waals surface area contributed by atoms with Crippen LogP contribution in [0.1, 0.15) is 88.3 Å². The van der Waals surface area contributed by atoms with Gasteiger partial charge >= 0.3 is 0 Å². The van der Waals surface area contributed by atoms with E-state index in [-0.39, 0.29) is 23.9 Å². The van der Waals surface area contributed by atoms with Crippen LogP contribution in [0.5, 0.6) is 0 Å². The van der Waals surface area contributed by atoms with E-state index in [0.717, 1.165) is 29.5 Å². The van der Waals surface area contributed by atoms with Gasteiger partial charge in [0.15, 0.2) is 5.52 Å². The van der Waals surface area contributed by atoms with E-state index in [2.05, 4.69) is 24.2 Å². The molecule has 3 atom stereocenters. The monoisotopic (exact) mass is 559 g/mol. The predicted molar refractivity (Wildman–Crippen MR) is 159 cm³/mol. The van der Waals surface area contributed by atoms with Gasteiger partial charge in [0.25, 0.3) is 5.56 Å². The minimum absolute atomic E-state index is 0.113. The molecule has 6 rings (SSSR count). The second-order valence-electron chi connectivity index (χ2n) is 13.3. The van der Waals surface area contributed by atoms with Gasteiger partial charge in [0.2, 0.25) is 5.91 Å². The molecule has 3 fully saturated rings. The zero-order chi connectivity index (χ0) is 28.6. The van der Waals surface area contributed by atoms with Crippen molar-refractivity contribution in [3.63, 3.8) is 0 Å². The molecule has 2 saturated carbocycles. The smallest absolute Gasteiger partial charge is 0.281 e. The minimum atomic E-state index is -1.06. The van der Waals surface area contributed by atoms with Gasteiger partial charge in [-0.15, -0.1) is 0 Å². The van der Waals surface area contributed by atoms with Crippen molar-refractivity contribution in [1.29, 1.82) is 0 Å². The zero-order valence-corrected chi connectivity index (χ0v) is 24.7. The summed E-state index contributed by atoms with van der Waals surface area (Å²) in [5.74, 6) is 2.61. The van der Waals surface area contributed by atoms with Gasteiger partial charge in [0.05, 0.1) is 24.2 Å². The van der Waals surface area contributed by atoms with Gasteiger partial charge in [-0.1, -0.05) is 62.9 Å². The van der Waals surface area contributed by atoms with Crippen molar-refractivity contribution in [2.45, 2.75) is 95.6 Å². The number of benzene rings is 1. The summed E-state index contributed by atoms with van der Waals surface area (Å²) in [6, 6.07) is 10.1. The molecule has 3 aromatic rings. The molecule has 1 N–H and O–H groups in total. The molecular formula is C33H45N5O3. The summed E-state index contributed by atoms with van der Waals surface area (Å²) >= 11 is 0. The Morgan fingerprint density at radius 1 is 1.05 bits per heavy atom. The highest BCUT2D eigenvalue weighted by molar-refractivity contribution is 5.77. The first-order valence-electron chi connectivity index (χ1n) is 15.8. The lowest BCUT2D eigenvalue weighted by molar-refractivity contribution is -0.136. The Balaban J connectivity index is 1.08. The summed E-state index contributed by atoms with van der Waals surface area (Å²) in [6.45, 7) is 3.21. The number of piperidine rings is 1. The molecule has 0 radical (unpaired) electrons. The normalized spacial score (nSPS) is 23.5. The summed E-state index contributed by atoms with van der Waals surface area (Å²) in [6.07, 6.45) is 13.3. The van der Waals surface area contributed by atoms with Crippen molar-refractivity contribution in [3.05, 3.63) is 58.3 Å². The molecule has 3 aliphatic rings. The first-order chi connectivity index (χ1) is 19.8. The zero-order valence-electron chi connectivity index (χ0n) is 24.7. The first kappa shape index (κ1) is 28.1. The van der Waals surface area contributed by atoms with Gasteiger partial charge in [0, 0.05) is 26.6 Å². The quantitative estimate of drug-likeness (QED) is 0.406. The molecule has 3 heterocycles. The number of fused-ring (bicyclic) bond motifs is 1. The molecule has 1 aliphatic heterocycles. The van der Waals surface area contributed by atoms with Crippen molar-refractivity contribution in [3.8, 4) is 0 Å². The summed E-state index contributed by atoms with van der Waals surface area (Å²) < 4.78 is 3.37. The molecule has 41 heavy (non-hydrogen) atoms. The van der Waals surface area contributed by atoms with Gasteiger partial charge in [0.1, 0.15) is 5.52 Å². The number of amides is 1. The third-order valence-corrected chi connectivity index (χ3v) is 10.4. The molecule has 0 bridgehead atoms. The van der Waals surface area contributed by atoms with Crippen molar-refractivity contribution < 1.29 is 9.90 Å². The maximum Gasteiger partial charge on any atom is 0.281 e. The Kier molecular flexibility index (Phi) is 8.03. The Morgan fingerprint density at radius 3 is 2.44 bits per heavy atom. The number of aryl methyl sites for hydroxylation is 1. The SMILES string of the molecule is C[C@H](CC(=O)N1CCC(O)(Cn2cnc3c(CC4CCC4CC4CCCC4)n(C)nc3c2=O)CC1)c1ccccc1. The minimum Gasteiger partial charge on any atom is -0.388 e. The number of likely N-dealkylation sites (tertiary alicyclic amines) is 1. The van der Waals surface area contributed by atoms with Crippen LogP contribution < -0.4 is 5.56 Å². The third kappa shape index (κ3) is 5.99. The van der Waals surface area contributed by atoms with Gasteiger partial charge in [-0.25, -0.2) is 4.98 Å². The summed E-state index contributed by atoms with van der Waals surface area (Å²) in [7, 11) is 1.92. The molecule has 1 amide bonds. The Hall–Kier alpha value is -3.00. The Morgan fingerprint density at radius 2 is 1.76 bits per heavy atom. The highest BCUT2D eigenvalue weighted by Gasteiger charge is 2.36. The van der Waals surface area contributed by atoms with Crippen LogP contribution in [-0.2, 0) is 24.8 Å². The lowest BCUT2D eigenvalue weighted by Crippen LogP contribution is -2.49. The van der Waals surface area contributed by atoms with Gasteiger partial charge < -0.3 is 10.0 Å². The standard InChI is InChI=1S/C33H45N5O3/c1-23(25-10-4-3-5-11-25)18-29(39)37-16-14-33(41,15-17-37)21-38-22-34-30-28(36(2)35-31(30)32(38)40)20-27-13-12-26(27)19-24-8-6-7-9-24/h3-5,10-11,22-24,26-27,41H,6-9,12-21H2,1-2H3/t23-,26?,27?/m1/s1. The van der Waals surface area contributed by atoms with E-state index in [4.69, 9.17) is 4.98 Å². The number of aromatic nitrogens is 4. The van der Waals surface area contributed by atoms with Gasteiger partial charge in [-0.05, 0) is 67.8 Å². The number of rotatable bonds is 9. The fourth-order valence-corrected chi connectivity index (χ4v) is 7.56. The molecule has 2 aromatic heterocycles. The molecule has 8 heteroatoms. The van der Waals surface area contributed by atoms with Crippen LogP contribution in [0.3, 0.4) is 0 Å². The maximum atomic E-state index is 13.5. The van der Waals surface area contributed by atoms with Crippen LogP contribution in [0.4, 0.5) is 0 Å². The summed E-state index contributed by atoms with van der Waals surface area (Å²) in [5, 5.41) is 16.0. The van der Waals surface area contributed by atoms with Gasteiger partial charge in [-0.2, -0.15) is 5.10 Å². The van der Waals surface area contributed by atoms with Gasteiger partial charge in [-0.3, -0.25) is 18.8 Å². The largest absolute Gasteiger partial charge is 0.388 e. The molecule has 8 nitrogen and oxygen atoms in total.